The minimum absolute atomic E-state index is 0.0253. The molecule has 2 aromatic heterocycles. The SMILES string of the molecule is FC(F)(F)c1nc(Cl)c2[nH]c[nH+]c2n1. The lowest BCUT2D eigenvalue weighted by Gasteiger charge is -1.99. The van der Waals surface area contributed by atoms with Crippen molar-refractivity contribution in [2.75, 3.05) is 0 Å². The predicted octanol–water partition coefficient (Wildman–Crippen LogP) is 1.44. The van der Waals surface area contributed by atoms with E-state index in [2.05, 4.69) is 19.9 Å². The highest BCUT2D eigenvalue weighted by molar-refractivity contribution is 6.33. The maximum absolute atomic E-state index is 12.2. The van der Waals surface area contributed by atoms with Crippen LogP contribution < -0.4 is 4.98 Å². The third kappa shape index (κ3) is 1.39. The largest absolute Gasteiger partial charge is 0.468 e. The zero-order chi connectivity index (χ0) is 10.3. The van der Waals surface area contributed by atoms with Crippen molar-refractivity contribution in [3.05, 3.63) is 17.3 Å². The molecular weight excluding hydrogens is 221 g/mol. The van der Waals surface area contributed by atoms with Crippen LogP contribution in [0.3, 0.4) is 0 Å². The monoisotopic (exact) mass is 223 g/mol. The Hall–Kier alpha value is -1.37. The molecule has 0 aliphatic carbocycles. The van der Waals surface area contributed by atoms with Gasteiger partial charge in [-0.3, -0.25) is 4.98 Å². The van der Waals surface area contributed by atoms with Gasteiger partial charge in [0.25, 0.3) is 0 Å². The Morgan fingerprint density at radius 3 is 2.71 bits per heavy atom. The molecule has 0 saturated carbocycles. The van der Waals surface area contributed by atoms with Crippen LogP contribution in [0.5, 0.6) is 0 Å². The lowest BCUT2D eigenvalue weighted by atomic mass is 10.5. The van der Waals surface area contributed by atoms with Crippen molar-refractivity contribution in [3.8, 4) is 0 Å². The van der Waals surface area contributed by atoms with Crippen LogP contribution in [0, 0.1) is 0 Å². The number of nitrogens with zero attached hydrogens (tertiary/aromatic N) is 2. The molecule has 0 aliphatic rings. The lowest BCUT2D eigenvalue weighted by molar-refractivity contribution is -0.347. The molecule has 0 atom stereocenters. The maximum atomic E-state index is 12.2. The Labute approximate surface area is 80.1 Å². The number of H-pyrrole nitrogens is 2. The number of nitrogens with one attached hydrogen (secondary N) is 2. The summed E-state index contributed by atoms with van der Waals surface area (Å²) in [6, 6.07) is 0. The van der Waals surface area contributed by atoms with Gasteiger partial charge in [0.15, 0.2) is 11.5 Å². The summed E-state index contributed by atoms with van der Waals surface area (Å²) in [5, 5.41) is -0.261. The highest BCUT2D eigenvalue weighted by Gasteiger charge is 2.39. The molecule has 0 unspecified atom stereocenters. The van der Waals surface area contributed by atoms with Crippen LogP contribution in [0.1, 0.15) is 5.82 Å². The van der Waals surface area contributed by atoms with Crippen molar-refractivity contribution in [1.29, 1.82) is 0 Å². The van der Waals surface area contributed by atoms with E-state index in [1.165, 1.54) is 6.33 Å². The van der Waals surface area contributed by atoms with E-state index in [1.807, 2.05) is 0 Å². The van der Waals surface area contributed by atoms with E-state index in [0.717, 1.165) is 0 Å². The minimum atomic E-state index is -4.59. The molecule has 74 valence electrons. The average Bonchev–Trinajstić information content (AvgIpc) is 2.50. The molecule has 0 aromatic carbocycles. The molecule has 0 fully saturated rings. The molecule has 0 bridgehead atoms. The fourth-order valence-corrected chi connectivity index (χ4v) is 1.19. The summed E-state index contributed by atoms with van der Waals surface area (Å²) in [4.78, 5) is 11.5. The number of alkyl halides is 3. The van der Waals surface area contributed by atoms with E-state index >= 15 is 0 Å². The quantitative estimate of drug-likeness (QED) is 0.687. The van der Waals surface area contributed by atoms with Gasteiger partial charge in [0.1, 0.15) is 0 Å². The van der Waals surface area contributed by atoms with Gasteiger partial charge in [-0.15, -0.1) is 0 Å². The molecule has 0 radical (unpaired) electrons. The molecule has 2 rings (SSSR count). The summed E-state index contributed by atoms with van der Waals surface area (Å²) in [6.07, 6.45) is -3.27. The summed E-state index contributed by atoms with van der Waals surface area (Å²) in [6.45, 7) is 0. The van der Waals surface area contributed by atoms with E-state index in [4.69, 9.17) is 11.6 Å². The third-order valence-electron chi connectivity index (χ3n) is 1.54. The Morgan fingerprint density at radius 1 is 1.36 bits per heavy atom. The molecule has 0 saturated heterocycles. The van der Waals surface area contributed by atoms with Crippen molar-refractivity contribution in [2.24, 2.45) is 0 Å². The number of hydrogen-bond donors (Lipinski definition) is 1. The van der Waals surface area contributed by atoms with E-state index in [0.29, 0.717) is 0 Å². The van der Waals surface area contributed by atoms with Crippen LogP contribution in [0.4, 0.5) is 13.2 Å². The van der Waals surface area contributed by atoms with Gasteiger partial charge in [-0.1, -0.05) is 16.6 Å². The second-order valence-corrected chi connectivity index (χ2v) is 2.85. The second kappa shape index (κ2) is 2.81. The van der Waals surface area contributed by atoms with Gasteiger partial charge in [-0.05, 0) is 0 Å². The number of fused-ring (bicyclic) bond motifs is 1. The number of imidazole rings is 1. The highest BCUT2D eigenvalue weighted by Crippen LogP contribution is 2.28. The van der Waals surface area contributed by atoms with E-state index in [1.54, 1.807) is 0 Å². The number of rotatable bonds is 0. The summed E-state index contributed by atoms with van der Waals surface area (Å²) in [5.74, 6) is -1.26. The standard InChI is InChI=1S/C6H2ClF3N4/c7-3-2-4(12-1-11-2)14-5(13-3)6(8,9)10/h1H,(H,11,12,13,14)/p+1. The predicted molar refractivity (Wildman–Crippen MR) is 40.5 cm³/mol. The molecule has 0 aliphatic heterocycles. The highest BCUT2D eigenvalue weighted by atomic mass is 35.5. The van der Waals surface area contributed by atoms with Gasteiger partial charge in [-0.25, -0.2) is 4.98 Å². The first-order chi connectivity index (χ1) is 6.48. The number of halogens is 4. The van der Waals surface area contributed by atoms with Crippen molar-refractivity contribution < 1.29 is 18.2 Å². The topological polar surface area (TPSA) is 55.7 Å². The summed E-state index contributed by atoms with van der Waals surface area (Å²) < 4.78 is 36.6. The second-order valence-electron chi connectivity index (χ2n) is 2.49. The number of aromatic nitrogens is 4. The Balaban J connectivity index is 2.70. The maximum Gasteiger partial charge on any atom is 0.468 e. The van der Waals surface area contributed by atoms with Gasteiger partial charge in [0, 0.05) is 0 Å². The molecule has 2 aromatic rings. The molecule has 0 spiro atoms. The van der Waals surface area contributed by atoms with E-state index < -0.39 is 12.0 Å². The van der Waals surface area contributed by atoms with Crippen LogP contribution >= 0.6 is 11.6 Å². The van der Waals surface area contributed by atoms with Crippen molar-refractivity contribution in [3.63, 3.8) is 0 Å². The van der Waals surface area contributed by atoms with Gasteiger partial charge in [0.2, 0.25) is 5.52 Å². The van der Waals surface area contributed by atoms with Gasteiger partial charge < -0.3 is 0 Å². The number of hydrogen-bond acceptors (Lipinski definition) is 2. The lowest BCUT2D eigenvalue weighted by Crippen LogP contribution is -2.13. The molecule has 8 heteroatoms. The van der Waals surface area contributed by atoms with Gasteiger partial charge >= 0.3 is 17.6 Å². The first-order valence-corrected chi connectivity index (χ1v) is 3.86. The summed E-state index contributed by atoms with van der Waals surface area (Å²) >= 11 is 5.51. The fourth-order valence-electron chi connectivity index (χ4n) is 0.969. The normalized spacial score (nSPS) is 12.3. The van der Waals surface area contributed by atoms with Gasteiger partial charge in [-0.2, -0.15) is 18.2 Å². The van der Waals surface area contributed by atoms with Crippen LogP contribution in [-0.4, -0.2) is 15.0 Å². The first kappa shape index (κ1) is 9.20. The molecule has 0 amide bonds. The van der Waals surface area contributed by atoms with E-state index in [-0.39, 0.29) is 16.3 Å². The summed E-state index contributed by atoms with van der Waals surface area (Å²) in [7, 11) is 0. The van der Waals surface area contributed by atoms with Crippen molar-refractivity contribution in [1.82, 2.24) is 15.0 Å². The molecule has 4 nitrogen and oxygen atoms in total. The Morgan fingerprint density at radius 2 is 2.07 bits per heavy atom. The van der Waals surface area contributed by atoms with Crippen molar-refractivity contribution >= 4 is 22.8 Å². The van der Waals surface area contributed by atoms with E-state index in [9.17, 15) is 13.2 Å². The molecule has 14 heavy (non-hydrogen) atoms. The first-order valence-electron chi connectivity index (χ1n) is 3.48. The third-order valence-corrected chi connectivity index (χ3v) is 1.82. The Bertz CT molecular complexity index is 477. The van der Waals surface area contributed by atoms with Crippen LogP contribution in [0.15, 0.2) is 6.33 Å². The summed E-state index contributed by atoms with van der Waals surface area (Å²) in [5.41, 5.74) is 0.275. The fraction of sp³-hybridized carbons (Fsp3) is 0.167. The molecular formula is C6H3ClF3N4+. The smallest absolute Gasteiger partial charge is 0.271 e. The Kier molecular flexibility index (Phi) is 1.84. The van der Waals surface area contributed by atoms with Crippen LogP contribution in [0.25, 0.3) is 11.2 Å². The van der Waals surface area contributed by atoms with Crippen molar-refractivity contribution in [2.45, 2.75) is 6.18 Å². The zero-order valence-electron chi connectivity index (χ0n) is 6.48. The zero-order valence-corrected chi connectivity index (χ0v) is 7.24. The van der Waals surface area contributed by atoms with Gasteiger partial charge in [0.05, 0.1) is 0 Å². The molecule has 2 heterocycles. The van der Waals surface area contributed by atoms with Crippen LogP contribution in [0.2, 0.25) is 5.15 Å². The molecule has 2 N–H and O–H groups in total. The minimum Gasteiger partial charge on any atom is -0.271 e. The number of aromatic amines is 2. The average molecular weight is 224 g/mol. The van der Waals surface area contributed by atoms with Crippen LogP contribution in [-0.2, 0) is 6.18 Å².